The van der Waals surface area contributed by atoms with Crippen molar-refractivity contribution in [3.63, 3.8) is 0 Å². The number of hydrogen-bond acceptors (Lipinski definition) is 3. The monoisotopic (exact) mass is 243 g/mol. The Hall–Kier alpha value is -0.640. The number of alkyl halides is 1. The standard InChI is InChI=1S/C9H14BrN3/c1-7-8(2)12-9(6-11-7)13(3)5-4-10/h6H,4-5H2,1-3H3. The molecule has 0 bridgehead atoms. The van der Waals surface area contributed by atoms with E-state index in [0.717, 1.165) is 29.1 Å². The fraction of sp³-hybridized carbons (Fsp3) is 0.556. The van der Waals surface area contributed by atoms with Crippen LogP contribution in [0.1, 0.15) is 11.4 Å². The fourth-order valence-corrected chi connectivity index (χ4v) is 1.49. The Morgan fingerprint density at radius 2 is 2.08 bits per heavy atom. The van der Waals surface area contributed by atoms with Gasteiger partial charge in [0, 0.05) is 18.9 Å². The SMILES string of the molecule is Cc1ncc(N(C)CCBr)nc1C. The summed E-state index contributed by atoms with van der Waals surface area (Å²) in [4.78, 5) is 10.8. The molecule has 0 saturated carbocycles. The van der Waals surface area contributed by atoms with Gasteiger partial charge in [0.25, 0.3) is 0 Å². The van der Waals surface area contributed by atoms with Crippen molar-refractivity contribution < 1.29 is 0 Å². The summed E-state index contributed by atoms with van der Waals surface area (Å²) in [6.45, 7) is 4.89. The van der Waals surface area contributed by atoms with E-state index in [1.807, 2.05) is 27.1 Å². The number of aryl methyl sites for hydroxylation is 2. The van der Waals surface area contributed by atoms with Gasteiger partial charge < -0.3 is 4.90 Å². The molecule has 4 heteroatoms. The van der Waals surface area contributed by atoms with Crippen LogP contribution < -0.4 is 4.90 Å². The molecule has 1 aromatic heterocycles. The zero-order valence-electron chi connectivity index (χ0n) is 8.21. The van der Waals surface area contributed by atoms with Gasteiger partial charge in [-0.25, -0.2) is 4.98 Å². The molecular formula is C9H14BrN3. The van der Waals surface area contributed by atoms with Gasteiger partial charge in [-0.1, -0.05) is 15.9 Å². The second-order valence-corrected chi connectivity index (χ2v) is 3.80. The van der Waals surface area contributed by atoms with Crippen LogP contribution in [-0.2, 0) is 0 Å². The molecule has 0 radical (unpaired) electrons. The van der Waals surface area contributed by atoms with Crippen LogP contribution in [0.3, 0.4) is 0 Å². The van der Waals surface area contributed by atoms with Crippen LogP contribution in [0.15, 0.2) is 6.20 Å². The van der Waals surface area contributed by atoms with E-state index < -0.39 is 0 Å². The predicted octanol–water partition coefficient (Wildman–Crippen LogP) is 1.92. The number of rotatable bonds is 3. The van der Waals surface area contributed by atoms with Crippen molar-refractivity contribution >= 4 is 21.7 Å². The summed E-state index contributed by atoms with van der Waals surface area (Å²) in [6.07, 6.45) is 1.81. The average Bonchev–Trinajstić information content (AvgIpc) is 2.10. The first kappa shape index (κ1) is 10.4. The van der Waals surface area contributed by atoms with E-state index in [2.05, 4.69) is 30.8 Å². The fourth-order valence-electron chi connectivity index (χ4n) is 0.955. The molecule has 0 atom stereocenters. The van der Waals surface area contributed by atoms with Gasteiger partial charge in [-0.2, -0.15) is 0 Å². The van der Waals surface area contributed by atoms with E-state index in [0.29, 0.717) is 0 Å². The Bertz CT molecular complexity index is 288. The van der Waals surface area contributed by atoms with E-state index >= 15 is 0 Å². The highest BCUT2D eigenvalue weighted by molar-refractivity contribution is 9.09. The van der Waals surface area contributed by atoms with E-state index in [-0.39, 0.29) is 0 Å². The van der Waals surface area contributed by atoms with Gasteiger partial charge in [-0.3, -0.25) is 4.98 Å². The van der Waals surface area contributed by atoms with Crippen LogP contribution in [0.5, 0.6) is 0 Å². The zero-order chi connectivity index (χ0) is 9.84. The smallest absolute Gasteiger partial charge is 0.147 e. The van der Waals surface area contributed by atoms with Crippen LogP contribution >= 0.6 is 15.9 Å². The normalized spacial score (nSPS) is 10.2. The van der Waals surface area contributed by atoms with Crippen LogP contribution in [0.4, 0.5) is 5.82 Å². The third-order valence-electron chi connectivity index (χ3n) is 1.99. The van der Waals surface area contributed by atoms with E-state index in [1.54, 1.807) is 0 Å². The van der Waals surface area contributed by atoms with Gasteiger partial charge in [-0.15, -0.1) is 0 Å². The third kappa shape index (κ3) is 2.66. The van der Waals surface area contributed by atoms with Crippen LogP contribution in [0.2, 0.25) is 0 Å². The maximum absolute atomic E-state index is 4.43. The summed E-state index contributed by atoms with van der Waals surface area (Å²) >= 11 is 3.39. The average molecular weight is 244 g/mol. The highest BCUT2D eigenvalue weighted by Gasteiger charge is 2.03. The highest BCUT2D eigenvalue weighted by Crippen LogP contribution is 2.09. The number of halogens is 1. The summed E-state index contributed by atoms with van der Waals surface area (Å²) < 4.78 is 0. The Labute approximate surface area is 87.3 Å². The second kappa shape index (κ2) is 4.56. The lowest BCUT2D eigenvalue weighted by Crippen LogP contribution is -2.21. The Balaban J connectivity index is 2.84. The van der Waals surface area contributed by atoms with Gasteiger partial charge in [0.1, 0.15) is 5.82 Å². The molecule has 0 aliphatic carbocycles. The topological polar surface area (TPSA) is 29.0 Å². The summed E-state index contributed by atoms with van der Waals surface area (Å²) in [7, 11) is 2.01. The number of nitrogens with zero attached hydrogens (tertiary/aromatic N) is 3. The minimum absolute atomic E-state index is 0.933. The lowest BCUT2D eigenvalue weighted by atomic mass is 10.3. The molecule has 0 amide bonds. The molecule has 0 N–H and O–H groups in total. The van der Waals surface area contributed by atoms with Crippen molar-refractivity contribution in [2.45, 2.75) is 13.8 Å². The van der Waals surface area contributed by atoms with Gasteiger partial charge in [0.2, 0.25) is 0 Å². The molecule has 1 rings (SSSR count). The van der Waals surface area contributed by atoms with Crippen molar-refractivity contribution in [3.8, 4) is 0 Å². The van der Waals surface area contributed by atoms with Gasteiger partial charge in [0.15, 0.2) is 0 Å². The highest BCUT2D eigenvalue weighted by atomic mass is 79.9. The van der Waals surface area contributed by atoms with Crippen LogP contribution in [0.25, 0.3) is 0 Å². The first-order chi connectivity index (χ1) is 6.15. The van der Waals surface area contributed by atoms with Gasteiger partial charge in [-0.05, 0) is 13.8 Å². The summed E-state index contributed by atoms with van der Waals surface area (Å²) in [5, 5.41) is 0.943. The maximum Gasteiger partial charge on any atom is 0.147 e. The first-order valence-corrected chi connectivity index (χ1v) is 5.34. The molecule has 1 aromatic rings. The Morgan fingerprint density at radius 3 is 2.62 bits per heavy atom. The number of hydrogen-bond donors (Lipinski definition) is 0. The molecular weight excluding hydrogens is 230 g/mol. The molecule has 0 unspecified atom stereocenters. The van der Waals surface area contributed by atoms with Gasteiger partial charge in [0.05, 0.1) is 17.6 Å². The van der Waals surface area contributed by atoms with E-state index in [9.17, 15) is 0 Å². The molecule has 0 aliphatic rings. The van der Waals surface area contributed by atoms with Crippen molar-refractivity contribution in [2.75, 3.05) is 23.8 Å². The molecule has 72 valence electrons. The third-order valence-corrected chi connectivity index (χ3v) is 2.35. The van der Waals surface area contributed by atoms with Crippen molar-refractivity contribution in [2.24, 2.45) is 0 Å². The second-order valence-electron chi connectivity index (χ2n) is 3.01. The molecule has 1 heterocycles. The molecule has 0 aliphatic heterocycles. The number of aromatic nitrogens is 2. The first-order valence-electron chi connectivity index (χ1n) is 4.22. The van der Waals surface area contributed by atoms with E-state index in [1.165, 1.54) is 0 Å². The summed E-state index contributed by atoms with van der Waals surface area (Å²) in [6, 6.07) is 0. The molecule has 0 aromatic carbocycles. The van der Waals surface area contributed by atoms with Crippen molar-refractivity contribution in [3.05, 3.63) is 17.6 Å². The lowest BCUT2D eigenvalue weighted by molar-refractivity contribution is 0.916. The molecule has 3 nitrogen and oxygen atoms in total. The predicted molar refractivity (Wildman–Crippen MR) is 58.6 cm³/mol. The minimum Gasteiger partial charge on any atom is -0.358 e. The summed E-state index contributed by atoms with van der Waals surface area (Å²) in [5.41, 5.74) is 2.00. The Morgan fingerprint density at radius 1 is 1.38 bits per heavy atom. The van der Waals surface area contributed by atoms with E-state index in [4.69, 9.17) is 0 Å². The summed E-state index contributed by atoms with van der Waals surface area (Å²) in [5.74, 6) is 0.933. The zero-order valence-corrected chi connectivity index (χ0v) is 9.80. The molecule has 0 saturated heterocycles. The lowest BCUT2D eigenvalue weighted by Gasteiger charge is -2.16. The number of anilines is 1. The molecule has 13 heavy (non-hydrogen) atoms. The minimum atomic E-state index is 0.933. The van der Waals surface area contributed by atoms with Crippen molar-refractivity contribution in [1.29, 1.82) is 0 Å². The van der Waals surface area contributed by atoms with Crippen molar-refractivity contribution in [1.82, 2.24) is 9.97 Å². The Kier molecular flexibility index (Phi) is 3.66. The molecule has 0 fully saturated rings. The van der Waals surface area contributed by atoms with Crippen LogP contribution in [-0.4, -0.2) is 28.9 Å². The maximum atomic E-state index is 4.43. The quantitative estimate of drug-likeness (QED) is 0.760. The largest absolute Gasteiger partial charge is 0.358 e. The molecule has 0 spiro atoms. The van der Waals surface area contributed by atoms with Gasteiger partial charge >= 0.3 is 0 Å². The van der Waals surface area contributed by atoms with Crippen LogP contribution in [0, 0.1) is 13.8 Å².